The summed E-state index contributed by atoms with van der Waals surface area (Å²) >= 11 is 0. The van der Waals surface area contributed by atoms with Crippen LogP contribution in [0.15, 0.2) is 36.4 Å². The maximum Gasteiger partial charge on any atom is 0.180 e. The SMILES string of the molecule is CCCOCc1cc(F)c(C#Cc2ccc(-c3cc(F)c(C#N)c(F)c3F)c(F)c2)c(F)c1. The van der Waals surface area contributed by atoms with Crippen LogP contribution in [0.3, 0.4) is 0 Å². The molecule has 0 N–H and O–H groups in total. The van der Waals surface area contributed by atoms with Crippen molar-refractivity contribution in [1.82, 2.24) is 0 Å². The minimum absolute atomic E-state index is 0.0135. The summed E-state index contributed by atoms with van der Waals surface area (Å²) in [5, 5.41) is 8.69. The molecule has 0 heterocycles. The van der Waals surface area contributed by atoms with Gasteiger partial charge in [-0.05, 0) is 42.3 Å². The van der Waals surface area contributed by atoms with Crippen LogP contribution < -0.4 is 0 Å². The van der Waals surface area contributed by atoms with Gasteiger partial charge in [0.2, 0.25) is 0 Å². The highest BCUT2D eigenvalue weighted by Gasteiger charge is 2.21. The normalized spacial score (nSPS) is 10.5. The van der Waals surface area contributed by atoms with E-state index in [1.54, 1.807) is 0 Å². The van der Waals surface area contributed by atoms with Crippen molar-refractivity contribution in [2.24, 2.45) is 0 Å². The first-order valence-corrected chi connectivity index (χ1v) is 9.72. The highest BCUT2D eigenvalue weighted by Crippen LogP contribution is 2.30. The Morgan fingerprint density at radius 2 is 1.42 bits per heavy atom. The van der Waals surface area contributed by atoms with Crippen molar-refractivity contribution in [1.29, 1.82) is 5.26 Å². The number of rotatable bonds is 5. The molecule has 0 bridgehead atoms. The summed E-state index contributed by atoms with van der Waals surface area (Å²) < 4.78 is 90.2. The Bertz CT molecular complexity index is 1290. The van der Waals surface area contributed by atoms with Gasteiger partial charge in [0.15, 0.2) is 11.6 Å². The van der Waals surface area contributed by atoms with Gasteiger partial charge < -0.3 is 4.74 Å². The van der Waals surface area contributed by atoms with Gasteiger partial charge in [-0.1, -0.05) is 24.8 Å². The fourth-order valence-corrected chi connectivity index (χ4v) is 3.00. The molecule has 0 saturated heterocycles. The molecule has 0 aliphatic rings. The number of nitriles is 1. The van der Waals surface area contributed by atoms with E-state index in [2.05, 4.69) is 11.8 Å². The summed E-state index contributed by atoms with van der Waals surface area (Å²) in [6, 6.07) is 6.92. The first-order chi connectivity index (χ1) is 15.8. The maximum absolute atomic E-state index is 14.5. The smallest absolute Gasteiger partial charge is 0.180 e. The molecule has 0 aliphatic carbocycles. The summed E-state index contributed by atoms with van der Waals surface area (Å²) in [6.45, 7) is 2.37. The summed E-state index contributed by atoms with van der Waals surface area (Å²) in [5.74, 6) is -2.88. The predicted molar refractivity (Wildman–Crippen MR) is 109 cm³/mol. The minimum Gasteiger partial charge on any atom is -0.377 e. The third kappa shape index (κ3) is 5.19. The van der Waals surface area contributed by atoms with Crippen molar-refractivity contribution in [3.63, 3.8) is 0 Å². The number of benzene rings is 3. The largest absolute Gasteiger partial charge is 0.377 e. The molecule has 8 heteroatoms. The summed E-state index contributed by atoms with van der Waals surface area (Å²) in [6.07, 6.45) is 0.756. The van der Waals surface area contributed by atoms with Gasteiger partial charge in [-0.2, -0.15) is 5.26 Å². The quantitative estimate of drug-likeness (QED) is 0.192. The Hall–Kier alpha value is -3.75. The summed E-state index contributed by atoms with van der Waals surface area (Å²) in [7, 11) is 0. The molecule has 33 heavy (non-hydrogen) atoms. The third-order valence-electron chi connectivity index (χ3n) is 4.58. The van der Waals surface area contributed by atoms with E-state index in [0.717, 1.165) is 30.7 Å². The van der Waals surface area contributed by atoms with Crippen LogP contribution in [0.2, 0.25) is 0 Å². The molecule has 3 rings (SSSR count). The van der Waals surface area contributed by atoms with Crippen molar-refractivity contribution < 1.29 is 31.1 Å². The number of hydrogen-bond acceptors (Lipinski definition) is 2. The van der Waals surface area contributed by atoms with Gasteiger partial charge in [0.05, 0.1) is 12.2 Å². The van der Waals surface area contributed by atoms with Gasteiger partial charge in [-0.15, -0.1) is 0 Å². The second-order valence-electron chi connectivity index (χ2n) is 6.95. The van der Waals surface area contributed by atoms with Crippen LogP contribution in [0, 0.1) is 58.1 Å². The molecule has 0 saturated carbocycles. The minimum atomic E-state index is -1.73. The number of nitrogens with zero attached hydrogens (tertiary/aromatic N) is 1. The maximum atomic E-state index is 14.5. The molecule has 0 atom stereocenters. The van der Waals surface area contributed by atoms with Crippen LogP contribution in [0.25, 0.3) is 11.1 Å². The average Bonchev–Trinajstić information content (AvgIpc) is 2.76. The fourth-order valence-electron chi connectivity index (χ4n) is 3.00. The molecule has 168 valence electrons. The lowest BCUT2D eigenvalue weighted by Gasteiger charge is -2.08. The first kappa shape index (κ1) is 23.9. The lowest BCUT2D eigenvalue weighted by molar-refractivity contribution is 0.121. The monoisotopic (exact) mass is 459 g/mol. The molecular formula is C25H15F6NO. The van der Waals surface area contributed by atoms with Crippen LogP contribution in [-0.4, -0.2) is 6.61 Å². The summed E-state index contributed by atoms with van der Waals surface area (Å²) in [5.41, 5.74) is -2.57. The number of halogens is 6. The zero-order chi connectivity index (χ0) is 24.1. The van der Waals surface area contributed by atoms with E-state index >= 15 is 0 Å². The molecule has 3 aromatic carbocycles. The Labute approximate surface area is 186 Å². The van der Waals surface area contributed by atoms with E-state index in [0.29, 0.717) is 18.2 Å². The van der Waals surface area contributed by atoms with Crippen molar-refractivity contribution in [3.05, 3.63) is 93.6 Å². The van der Waals surface area contributed by atoms with E-state index < -0.39 is 57.2 Å². The molecular weight excluding hydrogens is 444 g/mol. The van der Waals surface area contributed by atoms with Crippen molar-refractivity contribution in [3.8, 4) is 29.0 Å². The van der Waals surface area contributed by atoms with Crippen LogP contribution in [0.5, 0.6) is 0 Å². The van der Waals surface area contributed by atoms with E-state index in [1.165, 1.54) is 12.1 Å². The molecule has 3 aromatic rings. The van der Waals surface area contributed by atoms with E-state index in [4.69, 9.17) is 10.00 Å². The van der Waals surface area contributed by atoms with E-state index in [9.17, 15) is 26.3 Å². The highest BCUT2D eigenvalue weighted by atomic mass is 19.2. The second kappa shape index (κ2) is 10.2. The zero-order valence-corrected chi connectivity index (χ0v) is 17.2. The zero-order valence-electron chi connectivity index (χ0n) is 17.2. The Morgan fingerprint density at radius 1 is 0.758 bits per heavy atom. The van der Waals surface area contributed by atoms with Crippen molar-refractivity contribution >= 4 is 0 Å². The molecule has 0 radical (unpaired) electrons. The fraction of sp³-hybridized carbons (Fsp3) is 0.160. The van der Waals surface area contributed by atoms with Crippen LogP contribution in [0.4, 0.5) is 26.3 Å². The van der Waals surface area contributed by atoms with Gasteiger partial charge in [0.25, 0.3) is 0 Å². The van der Waals surface area contributed by atoms with Gasteiger partial charge in [0, 0.05) is 23.3 Å². The van der Waals surface area contributed by atoms with Crippen LogP contribution in [-0.2, 0) is 11.3 Å². The van der Waals surface area contributed by atoms with Crippen molar-refractivity contribution in [2.45, 2.75) is 20.0 Å². The average molecular weight is 459 g/mol. The molecule has 2 nitrogen and oxygen atoms in total. The molecule has 0 unspecified atom stereocenters. The van der Waals surface area contributed by atoms with Crippen molar-refractivity contribution in [2.75, 3.05) is 6.61 Å². The van der Waals surface area contributed by atoms with E-state index in [-0.39, 0.29) is 12.2 Å². The lowest BCUT2D eigenvalue weighted by Crippen LogP contribution is -2.00. The Balaban J connectivity index is 1.91. The Morgan fingerprint density at radius 3 is 2.03 bits per heavy atom. The predicted octanol–water partition coefficient (Wildman–Crippen LogP) is 6.39. The lowest BCUT2D eigenvalue weighted by atomic mass is 10.00. The van der Waals surface area contributed by atoms with Crippen LogP contribution >= 0.6 is 0 Å². The Kier molecular flexibility index (Phi) is 7.42. The van der Waals surface area contributed by atoms with Gasteiger partial charge in [-0.25, -0.2) is 26.3 Å². The third-order valence-corrected chi connectivity index (χ3v) is 4.58. The highest BCUT2D eigenvalue weighted by molar-refractivity contribution is 5.67. The molecule has 0 amide bonds. The van der Waals surface area contributed by atoms with E-state index in [1.807, 2.05) is 6.92 Å². The number of hydrogen-bond donors (Lipinski definition) is 0. The summed E-state index contributed by atoms with van der Waals surface area (Å²) in [4.78, 5) is 0. The molecule has 0 aliphatic heterocycles. The standard InChI is InChI=1S/C25H15F6NO/c1-2-7-33-13-15-9-21(27)17(22(28)10-15)6-4-14-3-5-16(20(26)8-14)18-11-23(29)19(12-32)25(31)24(18)30/h3,5,8-11H,2,7,13H2,1H3. The van der Waals surface area contributed by atoms with Gasteiger partial charge in [-0.3, -0.25) is 0 Å². The first-order valence-electron chi connectivity index (χ1n) is 9.72. The molecule has 0 aromatic heterocycles. The van der Waals surface area contributed by atoms with Gasteiger partial charge in [0.1, 0.15) is 34.9 Å². The molecule has 0 spiro atoms. The number of ether oxygens (including phenoxy) is 1. The molecule has 0 fully saturated rings. The van der Waals surface area contributed by atoms with Gasteiger partial charge >= 0.3 is 0 Å². The topological polar surface area (TPSA) is 33.0 Å². The van der Waals surface area contributed by atoms with Crippen LogP contribution in [0.1, 0.15) is 35.6 Å². The second-order valence-corrected chi connectivity index (χ2v) is 6.95.